The van der Waals surface area contributed by atoms with E-state index in [2.05, 4.69) is 5.32 Å². The smallest absolute Gasteiger partial charge is 0.344 e. The molecule has 23 heavy (non-hydrogen) atoms. The van der Waals surface area contributed by atoms with E-state index in [0.717, 1.165) is 17.7 Å². The van der Waals surface area contributed by atoms with Crippen molar-refractivity contribution < 1.29 is 18.0 Å². The van der Waals surface area contributed by atoms with Crippen molar-refractivity contribution in [2.24, 2.45) is 0 Å². The van der Waals surface area contributed by atoms with E-state index >= 15 is 0 Å². The summed E-state index contributed by atoms with van der Waals surface area (Å²) in [5.41, 5.74) is -0.412. The fourth-order valence-corrected chi connectivity index (χ4v) is 2.20. The summed E-state index contributed by atoms with van der Waals surface area (Å²) in [5, 5.41) is 2.91. The van der Waals surface area contributed by atoms with Crippen LogP contribution in [0.3, 0.4) is 0 Å². The van der Waals surface area contributed by atoms with Gasteiger partial charge in [0.25, 0.3) is 5.91 Å². The summed E-state index contributed by atoms with van der Waals surface area (Å²) in [5.74, 6) is -3.07. The molecule has 1 heterocycles. The third kappa shape index (κ3) is 2.83. The normalized spacial score (nSPS) is 10.7. The molecule has 0 aliphatic heterocycles. The number of halogens is 2. The summed E-state index contributed by atoms with van der Waals surface area (Å²) < 4.78 is 32.1. The Kier molecular flexibility index (Phi) is 3.65. The molecule has 0 atom stereocenters. The number of para-hydroxylation sites is 1. The molecule has 1 amide bonds. The van der Waals surface area contributed by atoms with Gasteiger partial charge in [-0.15, -0.1) is 0 Å². The number of aryl methyl sites for hydroxylation is 1. The largest absolute Gasteiger partial charge is 0.417 e. The van der Waals surface area contributed by atoms with Crippen molar-refractivity contribution in [1.29, 1.82) is 0 Å². The van der Waals surface area contributed by atoms with Gasteiger partial charge in [-0.2, -0.15) is 0 Å². The molecule has 116 valence electrons. The molecule has 1 aromatic heterocycles. The zero-order valence-electron chi connectivity index (χ0n) is 12.0. The fourth-order valence-electron chi connectivity index (χ4n) is 2.20. The minimum absolute atomic E-state index is 0.325. The number of hydrogen-bond donors (Lipinski definition) is 1. The van der Waals surface area contributed by atoms with Crippen molar-refractivity contribution in [3.63, 3.8) is 0 Å². The molecule has 4 nitrogen and oxygen atoms in total. The van der Waals surface area contributed by atoms with Crippen molar-refractivity contribution >= 4 is 22.4 Å². The van der Waals surface area contributed by atoms with Gasteiger partial charge in [0.1, 0.15) is 17.3 Å². The van der Waals surface area contributed by atoms with Crippen LogP contribution in [0.15, 0.2) is 51.7 Å². The lowest BCUT2D eigenvalue weighted by molar-refractivity contribution is 0.0992. The van der Waals surface area contributed by atoms with Gasteiger partial charge >= 0.3 is 5.63 Å². The molecular weight excluding hydrogens is 304 g/mol. The van der Waals surface area contributed by atoms with E-state index in [4.69, 9.17) is 4.42 Å². The highest BCUT2D eigenvalue weighted by Gasteiger charge is 2.16. The number of anilines is 1. The predicted molar refractivity (Wildman–Crippen MR) is 81.5 cm³/mol. The Hall–Kier alpha value is -3.02. The third-order valence-corrected chi connectivity index (χ3v) is 3.34. The second kappa shape index (κ2) is 5.64. The summed E-state index contributed by atoms with van der Waals surface area (Å²) in [4.78, 5) is 24.1. The second-order valence-corrected chi connectivity index (χ2v) is 5.04. The first-order valence-corrected chi connectivity index (χ1v) is 6.75. The lowest BCUT2D eigenvalue weighted by Crippen LogP contribution is -2.16. The van der Waals surface area contributed by atoms with E-state index in [0.29, 0.717) is 10.8 Å². The number of fused-ring (bicyclic) bond motifs is 1. The van der Waals surface area contributed by atoms with Gasteiger partial charge in [0.2, 0.25) is 0 Å². The maximum atomic E-state index is 13.6. The number of amides is 1. The van der Waals surface area contributed by atoms with E-state index in [1.807, 2.05) is 6.92 Å². The minimum Gasteiger partial charge on any atom is -0.417 e. The third-order valence-electron chi connectivity index (χ3n) is 3.34. The Balaban J connectivity index is 2.02. The van der Waals surface area contributed by atoms with E-state index < -0.39 is 28.9 Å². The summed E-state index contributed by atoms with van der Waals surface area (Å²) in [6.07, 6.45) is 0. The van der Waals surface area contributed by atoms with E-state index in [9.17, 15) is 18.4 Å². The van der Waals surface area contributed by atoms with Crippen LogP contribution < -0.4 is 10.9 Å². The first-order chi connectivity index (χ1) is 11.0. The Labute approximate surface area is 129 Å². The Morgan fingerprint density at radius 3 is 2.48 bits per heavy atom. The molecule has 6 heteroatoms. The molecular formula is C17H11F2NO3. The number of rotatable bonds is 2. The van der Waals surface area contributed by atoms with Crippen LogP contribution in [0.4, 0.5) is 14.5 Å². The predicted octanol–water partition coefficient (Wildman–Crippen LogP) is 3.63. The van der Waals surface area contributed by atoms with Gasteiger partial charge in [0.15, 0.2) is 5.76 Å². The molecule has 1 N–H and O–H groups in total. The fraction of sp³-hybridized carbons (Fsp3) is 0.0588. The van der Waals surface area contributed by atoms with Gasteiger partial charge < -0.3 is 9.73 Å². The standard InChI is InChI=1S/C17H11F2NO3/c1-9-5-6-10-8-14(23-17(22)11(10)7-9)16(21)20-15-12(18)3-2-4-13(15)19/h2-8H,1H3,(H,20,21). The summed E-state index contributed by atoms with van der Waals surface area (Å²) >= 11 is 0. The van der Waals surface area contributed by atoms with Crippen LogP contribution in [-0.4, -0.2) is 5.91 Å². The van der Waals surface area contributed by atoms with Crippen molar-refractivity contribution in [2.75, 3.05) is 5.32 Å². The van der Waals surface area contributed by atoms with Crippen molar-refractivity contribution in [3.8, 4) is 0 Å². The van der Waals surface area contributed by atoms with Gasteiger partial charge in [0.05, 0.1) is 5.39 Å². The number of hydrogen-bond acceptors (Lipinski definition) is 3. The lowest BCUT2D eigenvalue weighted by Gasteiger charge is -2.07. The molecule has 0 unspecified atom stereocenters. The second-order valence-electron chi connectivity index (χ2n) is 5.04. The number of benzene rings is 2. The Bertz CT molecular complexity index is 959. The molecule has 0 spiro atoms. The highest BCUT2D eigenvalue weighted by molar-refractivity contribution is 6.04. The summed E-state index contributed by atoms with van der Waals surface area (Å²) in [7, 11) is 0. The van der Waals surface area contributed by atoms with Gasteiger partial charge in [-0.05, 0) is 36.6 Å². The number of carbonyl (C=O) groups is 1. The van der Waals surface area contributed by atoms with Crippen molar-refractivity contribution in [3.05, 3.63) is 75.8 Å². The molecule has 0 bridgehead atoms. The van der Waals surface area contributed by atoms with Gasteiger partial charge in [-0.25, -0.2) is 13.6 Å². The lowest BCUT2D eigenvalue weighted by atomic mass is 10.1. The van der Waals surface area contributed by atoms with Crippen LogP contribution in [0.1, 0.15) is 16.1 Å². The van der Waals surface area contributed by atoms with Gasteiger partial charge in [-0.3, -0.25) is 4.79 Å². The molecule has 0 radical (unpaired) electrons. The van der Waals surface area contributed by atoms with Crippen molar-refractivity contribution in [2.45, 2.75) is 6.92 Å². The molecule has 0 saturated heterocycles. The SMILES string of the molecule is Cc1ccc2cc(C(=O)Nc3c(F)cccc3F)oc(=O)c2c1. The van der Waals surface area contributed by atoms with Crippen LogP contribution in [0.25, 0.3) is 10.8 Å². The first-order valence-electron chi connectivity index (χ1n) is 6.75. The first kappa shape index (κ1) is 14.9. The molecule has 3 aromatic rings. The van der Waals surface area contributed by atoms with E-state index in [1.165, 1.54) is 12.1 Å². The van der Waals surface area contributed by atoms with Gasteiger partial charge in [0, 0.05) is 0 Å². The average Bonchev–Trinajstić information content (AvgIpc) is 2.51. The van der Waals surface area contributed by atoms with Crippen LogP contribution in [0.5, 0.6) is 0 Å². The molecule has 0 aliphatic rings. The van der Waals surface area contributed by atoms with Crippen LogP contribution >= 0.6 is 0 Å². The van der Waals surface area contributed by atoms with Crippen LogP contribution in [0, 0.1) is 18.6 Å². The zero-order chi connectivity index (χ0) is 16.6. The molecule has 0 saturated carbocycles. The highest BCUT2D eigenvalue weighted by Crippen LogP contribution is 2.20. The van der Waals surface area contributed by atoms with E-state index in [1.54, 1.807) is 18.2 Å². The van der Waals surface area contributed by atoms with Crippen LogP contribution in [-0.2, 0) is 0 Å². The summed E-state index contributed by atoms with van der Waals surface area (Å²) in [6.45, 7) is 1.82. The number of carbonyl (C=O) groups excluding carboxylic acids is 1. The molecule has 2 aromatic carbocycles. The number of nitrogens with one attached hydrogen (secondary N) is 1. The quantitative estimate of drug-likeness (QED) is 0.785. The van der Waals surface area contributed by atoms with Gasteiger partial charge in [-0.1, -0.05) is 23.8 Å². The Morgan fingerprint density at radius 2 is 1.78 bits per heavy atom. The van der Waals surface area contributed by atoms with Crippen LogP contribution in [0.2, 0.25) is 0 Å². The highest BCUT2D eigenvalue weighted by atomic mass is 19.1. The molecule has 0 fully saturated rings. The average molecular weight is 315 g/mol. The maximum Gasteiger partial charge on any atom is 0.344 e. The zero-order valence-corrected chi connectivity index (χ0v) is 12.0. The molecule has 0 aliphatic carbocycles. The topological polar surface area (TPSA) is 59.3 Å². The molecule has 3 rings (SSSR count). The monoisotopic (exact) mass is 315 g/mol. The summed E-state index contributed by atoms with van der Waals surface area (Å²) in [6, 6.07) is 9.64. The van der Waals surface area contributed by atoms with Crippen molar-refractivity contribution in [1.82, 2.24) is 0 Å². The maximum absolute atomic E-state index is 13.6. The minimum atomic E-state index is -0.919. The van der Waals surface area contributed by atoms with E-state index in [-0.39, 0.29) is 5.76 Å². The Morgan fingerprint density at radius 1 is 1.09 bits per heavy atom.